The third-order valence-corrected chi connectivity index (χ3v) is 2.53. The van der Waals surface area contributed by atoms with E-state index in [0.29, 0.717) is 13.2 Å². The molecule has 0 radical (unpaired) electrons. The molecule has 0 saturated carbocycles. The lowest BCUT2D eigenvalue weighted by molar-refractivity contribution is -0.167. The van der Waals surface area contributed by atoms with Crippen molar-refractivity contribution in [3.63, 3.8) is 0 Å². The second-order valence-corrected chi connectivity index (χ2v) is 3.82. The lowest BCUT2D eigenvalue weighted by Gasteiger charge is -2.16. The summed E-state index contributed by atoms with van der Waals surface area (Å²) in [7, 11) is 1.38. The minimum Gasteiger partial charge on any atom is -0.494 e. The Bertz CT molecular complexity index is 414. The number of carbonyl (C=O) groups is 1. The van der Waals surface area contributed by atoms with Gasteiger partial charge in [0.25, 0.3) is 0 Å². The average Bonchev–Trinajstić information content (AvgIpc) is 2.41. The standard InChI is InChI=1S/C14H19FO4/c1-4-18-14(19-5-2)11(16)9-10-7-6-8-12(17-3)13(10)15/h6-8,14H,4-5,9H2,1-3H3. The first-order chi connectivity index (χ1) is 9.13. The summed E-state index contributed by atoms with van der Waals surface area (Å²) >= 11 is 0. The predicted molar refractivity (Wildman–Crippen MR) is 68.7 cm³/mol. The molecule has 0 bridgehead atoms. The van der Waals surface area contributed by atoms with E-state index < -0.39 is 12.1 Å². The van der Waals surface area contributed by atoms with Gasteiger partial charge in [0.2, 0.25) is 6.29 Å². The number of rotatable bonds is 8. The molecule has 0 saturated heterocycles. The number of ether oxygens (including phenoxy) is 3. The Morgan fingerprint density at radius 2 is 1.89 bits per heavy atom. The largest absolute Gasteiger partial charge is 0.494 e. The highest BCUT2D eigenvalue weighted by atomic mass is 19.1. The zero-order chi connectivity index (χ0) is 14.3. The van der Waals surface area contributed by atoms with Crippen LogP contribution in [-0.4, -0.2) is 32.4 Å². The molecule has 0 amide bonds. The lowest BCUT2D eigenvalue weighted by atomic mass is 10.1. The van der Waals surface area contributed by atoms with Gasteiger partial charge in [-0.15, -0.1) is 0 Å². The molecule has 1 rings (SSSR count). The highest BCUT2D eigenvalue weighted by molar-refractivity contribution is 5.84. The van der Waals surface area contributed by atoms with Crippen molar-refractivity contribution in [1.82, 2.24) is 0 Å². The molecule has 1 aromatic rings. The van der Waals surface area contributed by atoms with Gasteiger partial charge in [-0.3, -0.25) is 4.79 Å². The highest BCUT2D eigenvalue weighted by Gasteiger charge is 2.21. The van der Waals surface area contributed by atoms with Gasteiger partial charge in [-0.25, -0.2) is 4.39 Å². The lowest BCUT2D eigenvalue weighted by Crippen LogP contribution is -2.29. The fourth-order valence-electron chi connectivity index (χ4n) is 1.66. The van der Waals surface area contributed by atoms with Gasteiger partial charge in [0.1, 0.15) is 0 Å². The van der Waals surface area contributed by atoms with Crippen molar-refractivity contribution in [2.24, 2.45) is 0 Å². The summed E-state index contributed by atoms with van der Waals surface area (Å²) < 4.78 is 29.2. The smallest absolute Gasteiger partial charge is 0.218 e. The van der Waals surface area contributed by atoms with E-state index in [1.54, 1.807) is 26.0 Å². The molecular formula is C14H19FO4. The van der Waals surface area contributed by atoms with Crippen molar-refractivity contribution in [3.05, 3.63) is 29.6 Å². The number of hydrogen-bond acceptors (Lipinski definition) is 4. The van der Waals surface area contributed by atoms with E-state index in [0.717, 1.165) is 0 Å². The number of methoxy groups -OCH3 is 1. The Hall–Kier alpha value is -1.46. The Morgan fingerprint density at radius 3 is 2.42 bits per heavy atom. The van der Waals surface area contributed by atoms with Crippen molar-refractivity contribution < 1.29 is 23.4 Å². The summed E-state index contributed by atoms with van der Waals surface area (Å²) in [5, 5.41) is 0. The van der Waals surface area contributed by atoms with Crippen LogP contribution in [0.2, 0.25) is 0 Å². The summed E-state index contributed by atoms with van der Waals surface area (Å²) in [5.41, 5.74) is 0.272. The monoisotopic (exact) mass is 270 g/mol. The van der Waals surface area contributed by atoms with Crippen LogP contribution in [0, 0.1) is 5.82 Å². The zero-order valence-electron chi connectivity index (χ0n) is 11.4. The predicted octanol–water partition coefficient (Wildman–Crippen LogP) is 2.35. The molecule has 0 unspecified atom stereocenters. The van der Waals surface area contributed by atoms with Crippen LogP contribution in [-0.2, 0) is 20.7 Å². The minimum atomic E-state index is -0.944. The molecule has 19 heavy (non-hydrogen) atoms. The van der Waals surface area contributed by atoms with Crippen molar-refractivity contribution >= 4 is 5.78 Å². The fourth-order valence-corrected chi connectivity index (χ4v) is 1.66. The molecule has 4 nitrogen and oxygen atoms in total. The quantitative estimate of drug-likeness (QED) is 0.680. The first kappa shape index (κ1) is 15.6. The van der Waals surface area contributed by atoms with Gasteiger partial charge in [0.15, 0.2) is 17.3 Å². The number of benzene rings is 1. The average molecular weight is 270 g/mol. The fraction of sp³-hybridized carbons (Fsp3) is 0.500. The summed E-state index contributed by atoms with van der Waals surface area (Å²) in [6.07, 6.45) is -1.03. The summed E-state index contributed by atoms with van der Waals surface area (Å²) in [6.45, 7) is 4.25. The topological polar surface area (TPSA) is 44.8 Å². The molecule has 0 atom stereocenters. The van der Waals surface area contributed by atoms with Gasteiger partial charge in [-0.1, -0.05) is 12.1 Å². The molecule has 1 aromatic carbocycles. The molecule has 0 N–H and O–H groups in total. The van der Waals surface area contributed by atoms with Crippen LogP contribution in [0.4, 0.5) is 4.39 Å². The molecular weight excluding hydrogens is 251 g/mol. The third-order valence-electron chi connectivity index (χ3n) is 2.53. The number of halogens is 1. The molecule has 106 valence electrons. The first-order valence-electron chi connectivity index (χ1n) is 6.21. The van der Waals surface area contributed by atoms with Gasteiger partial charge in [-0.05, 0) is 25.5 Å². The molecule has 0 aliphatic rings. The number of Topliss-reactive ketones (excluding diaryl/α,β-unsaturated/α-hetero) is 1. The van der Waals surface area contributed by atoms with Crippen molar-refractivity contribution in [2.75, 3.05) is 20.3 Å². The van der Waals surface area contributed by atoms with Crippen LogP contribution in [0.5, 0.6) is 5.75 Å². The molecule has 0 spiro atoms. The number of hydrogen-bond donors (Lipinski definition) is 0. The Morgan fingerprint density at radius 1 is 1.26 bits per heavy atom. The molecule has 0 aromatic heterocycles. The highest BCUT2D eigenvalue weighted by Crippen LogP contribution is 2.21. The van der Waals surface area contributed by atoms with Crippen LogP contribution in [0.3, 0.4) is 0 Å². The van der Waals surface area contributed by atoms with E-state index in [1.165, 1.54) is 13.2 Å². The summed E-state index contributed by atoms with van der Waals surface area (Å²) in [5.74, 6) is -0.712. The maximum atomic E-state index is 13.9. The zero-order valence-corrected chi connectivity index (χ0v) is 11.4. The van der Waals surface area contributed by atoms with Crippen LogP contribution < -0.4 is 4.74 Å². The Kier molecular flexibility index (Phi) is 6.45. The van der Waals surface area contributed by atoms with E-state index in [1.807, 2.05) is 0 Å². The molecule has 0 heterocycles. The normalized spacial score (nSPS) is 10.8. The van der Waals surface area contributed by atoms with Crippen LogP contribution >= 0.6 is 0 Å². The van der Waals surface area contributed by atoms with Crippen LogP contribution in [0.15, 0.2) is 18.2 Å². The summed E-state index contributed by atoms with van der Waals surface area (Å²) in [6, 6.07) is 4.69. The third kappa shape index (κ3) is 4.29. The Labute approximate surface area is 112 Å². The first-order valence-corrected chi connectivity index (χ1v) is 6.21. The van der Waals surface area contributed by atoms with Gasteiger partial charge in [0, 0.05) is 19.6 Å². The van der Waals surface area contributed by atoms with E-state index in [-0.39, 0.29) is 23.5 Å². The molecule has 0 aliphatic heterocycles. The van der Waals surface area contributed by atoms with E-state index >= 15 is 0 Å². The molecule has 0 aliphatic carbocycles. The van der Waals surface area contributed by atoms with Gasteiger partial charge in [0.05, 0.1) is 7.11 Å². The minimum absolute atomic E-state index is 0.0896. The number of carbonyl (C=O) groups excluding carboxylic acids is 1. The van der Waals surface area contributed by atoms with E-state index in [9.17, 15) is 9.18 Å². The van der Waals surface area contributed by atoms with Crippen LogP contribution in [0.25, 0.3) is 0 Å². The van der Waals surface area contributed by atoms with Gasteiger partial charge < -0.3 is 14.2 Å². The number of ketones is 1. The van der Waals surface area contributed by atoms with Gasteiger partial charge in [-0.2, -0.15) is 0 Å². The van der Waals surface area contributed by atoms with Crippen molar-refractivity contribution in [1.29, 1.82) is 0 Å². The molecule has 5 heteroatoms. The summed E-state index contributed by atoms with van der Waals surface area (Å²) in [4.78, 5) is 12.0. The second-order valence-electron chi connectivity index (χ2n) is 3.82. The van der Waals surface area contributed by atoms with E-state index in [2.05, 4.69) is 0 Å². The SMILES string of the molecule is CCOC(OCC)C(=O)Cc1cccc(OC)c1F. The van der Waals surface area contributed by atoms with Crippen LogP contribution in [0.1, 0.15) is 19.4 Å². The maximum absolute atomic E-state index is 13.9. The second kappa shape index (κ2) is 7.86. The maximum Gasteiger partial charge on any atom is 0.218 e. The van der Waals surface area contributed by atoms with Crippen molar-refractivity contribution in [2.45, 2.75) is 26.6 Å². The molecule has 0 fully saturated rings. The van der Waals surface area contributed by atoms with Crippen molar-refractivity contribution in [3.8, 4) is 5.75 Å². The Balaban J connectivity index is 2.80. The van der Waals surface area contributed by atoms with Gasteiger partial charge >= 0.3 is 0 Å². The van der Waals surface area contributed by atoms with E-state index in [4.69, 9.17) is 14.2 Å².